The second-order valence-corrected chi connectivity index (χ2v) is 3.94. The number of rotatable bonds is 4. The van der Waals surface area contributed by atoms with E-state index in [1.54, 1.807) is 12.3 Å². The maximum atomic E-state index is 13.5. The number of hydrogen-bond donors (Lipinski definition) is 1. The van der Waals surface area contributed by atoms with Crippen LogP contribution < -0.4 is 0 Å². The van der Waals surface area contributed by atoms with Crippen molar-refractivity contribution in [2.24, 2.45) is 0 Å². The third kappa shape index (κ3) is 2.40. The molecule has 94 valence electrons. The van der Waals surface area contributed by atoms with Crippen LogP contribution in [0.3, 0.4) is 0 Å². The third-order valence-electron chi connectivity index (χ3n) is 2.73. The van der Waals surface area contributed by atoms with Gasteiger partial charge in [0.1, 0.15) is 11.6 Å². The molecule has 0 saturated heterocycles. The van der Waals surface area contributed by atoms with Gasteiger partial charge in [0.2, 0.25) is 0 Å². The van der Waals surface area contributed by atoms with Gasteiger partial charge in [0.25, 0.3) is 0 Å². The van der Waals surface area contributed by atoms with Gasteiger partial charge in [-0.25, -0.2) is 14.2 Å². The molecule has 2 aromatic rings. The molecular weight excluding hydrogens is 235 g/mol. The van der Waals surface area contributed by atoms with Crippen molar-refractivity contribution in [2.45, 2.75) is 19.9 Å². The summed E-state index contributed by atoms with van der Waals surface area (Å²) in [6.45, 7) is 2.48. The number of aryl methyl sites for hydroxylation is 1. The largest absolute Gasteiger partial charge is 0.478 e. The molecule has 0 aliphatic rings. The Morgan fingerprint density at radius 1 is 1.50 bits per heavy atom. The summed E-state index contributed by atoms with van der Waals surface area (Å²) < 4.78 is 15.4. The summed E-state index contributed by atoms with van der Waals surface area (Å²) in [4.78, 5) is 14.9. The summed E-state index contributed by atoms with van der Waals surface area (Å²) in [5.41, 5.74) is 0.408. The van der Waals surface area contributed by atoms with Crippen LogP contribution in [0.2, 0.25) is 0 Å². The molecule has 4 nitrogen and oxygen atoms in total. The number of hydrogen-bond acceptors (Lipinski definition) is 2. The van der Waals surface area contributed by atoms with Crippen LogP contribution in [0.1, 0.15) is 28.7 Å². The van der Waals surface area contributed by atoms with Gasteiger partial charge < -0.3 is 9.67 Å². The normalized spacial score (nSPS) is 10.6. The Bertz CT molecular complexity index is 578. The molecule has 0 fully saturated rings. The molecule has 0 aliphatic carbocycles. The quantitative estimate of drug-likeness (QED) is 0.903. The van der Waals surface area contributed by atoms with Gasteiger partial charge in [-0.05, 0) is 17.7 Å². The Hall–Kier alpha value is -2.17. The van der Waals surface area contributed by atoms with Crippen molar-refractivity contribution in [3.63, 3.8) is 0 Å². The van der Waals surface area contributed by atoms with Crippen molar-refractivity contribution in [2.75, 3.05) is 0 Å². The molecule has 0 saturated carbocycles. The van der Waals surface area contributed by atoms with Gasteiger partial charge in [0.15, 0.2) is 0 Å². The monoisotopic (exact) mass is 248 g/mol. The second kappa shape index (κ2) is 5.00. The molecule has 5 heteroatoms. The van der Waals surface area contributed by atoms with Crippen molar-refractivity contribution >= 4 is 5.97 Å². The van der Waals surface area contributed by atoms with E-state index >= 15 is 0 Å². The standard InChI is InChI=1S/C13H13FN2O2/c1-2-12-15-5-6-16(12)8-9-3-4-10(13(17)18)11(14)7-9/h3-7H,2,8H2,1H3,(H,17,18). The molecule has 0 aliphatic heterocycles. The number of benzene rings is 1. The molecule has 2 rings (SSSR count). The number of nitrogens with zero attached hydrogens (tertiary/aromatic N) is 2. The van der Waals surface area contributed by atoms with E-state index in [1.165, 1.54) is 12.1 Å². The Kier molecular flexibility index (Phi) is 3.41. The molecule has 1 aromatic heterocycles. The zero-order valence-electron chi connectivity index (χ0n) is 9.93. The Morgan fingerprint density at radius 2 is 2.28 bits per heavy atom. The average Bonchev–Trinajstić information content (AvgIpc) is 2.76. The summed E-state index contributed by atoms with van der Waals surface area (Å²) in [5, 5.41) is 8.74. The Labute approximate surface area is 104 Å². The fourth-order valence-corrected chi connectivity index (χ4v) is 1.83. The molecule has 0 amide bonds. The number of carboxylic acid groups (broad SMARTS) is 1. The van der Waals surface area contributed by atoms with E-state index in [-0.39, 0.29) is 5.56 Å². The summed E-state index contributed by atoms with van der Waals surface area (Å²) in [5.74, 6) is -1.05. The zero-order chi connectivity index (χ0) is 13.1. The van der Waals surface area contributed by atoms with Crippen LogP contribution in [0.5, 0.6) is 0 Å². The first-order chi connectivity index (χ1) is 8.61. The van der Waals surface area contributed by atoms with Gasteiger partial charge in [-0.3, -0.25) is 0 Å². The molecule has 0 atom stereocenters. The Morgan fingerprint density at radius 3 is 2.89 bits per heavy atom. The summed E-state index contributed by atoms with van der Waals surface area (Å²) in [6.07, 6.45) is 4.31. The highest BCUT2D eigenvalue weighted by Gasteiger charge is 2.11. The summed E-state index contributed by atoms with van der Waals surface area (Å²) in [6, 6.07) is 4.16. The van der Waals surface area contributed by atoms with Crippen molar-refractivity contribution in [3.05, 3.63) is 53.4 Å². The van der Waals surface area contributed by atoms with Gasteiger partial charge in [0.05, 0.1) is 5.56 Å². The lowest BCUT2D eigenvalue weighted by molar-refractivity contribution is 0.0692. The predicted octanol–water partition coefficient (Wildman–Crippen LogP) is 2.33. The second-order valence-electron chi connectivity index (χ2n) is 3.94. The molecule has 18 heavy (non-hydrogen) atoms. The maximum absolute atomic E-state index is 13.5. The first-order valence-corrected chi connectivity index (χ1v) is 5.63. The molecule has 0 unspecified atom stereocenters. The minimum absolute atomic E-state index is 0.305. The first-order valence-electron chi connectivity index (χ1n) is 5.63. The van der Waals surface area contributed by atoms with E-state index < -0.39 is 11.8 Å². The lowest BCUT2D eigenvalue weighted by Crippen LogP contribution is -2.06. The number of aromatic nitrogens is 2. The Balaban J connectivity index is 2.25. The van der Waals surface area contributed by atoms with Crippen LogP contribution in [0.25, 0.3) is 0 Å². The third-order valence-corrected chi connectivity index (χ3v) is 2.73. The van der Waals surface area contributed by atoms with E-state index in [1.807, 2.05) is 17.7 Å². The van der Waals surface area contributed by atoms with Crippen LogP contribution in [-0.4, -0.2) is 20.6 Å². The lowest BCUT2D eigenvalue weighted by atomic mass is 10.1. The van der Waals surface area contributed by atoms with E-state index in [4.69, 9.17) is 5.11 Å². The zero-order valence-corrected chi connectivity index (χ0v) is 9.93. The van der Waals surface area contributed by atoms with E-state index in [2.05, 4.69) is 4.98 Å². The number of imidazole rings is 1. The molecule has 1 N–H and O–H groups in total. The summed E-state index contributed by atoms with van der Waals surface area (Å²) in [7, 11) is 0. The molecule has 1 aromatic carbocycles. The minimum Gasteiger partial charge on any atom is -0.478 e. The highest BCUT2D eigenvalue weighted by atomic mass is 19.1. The van der Waals surface area contributed by atoms with Crippen molar-refractivity contribution < 1.29 is 14.3 Å². The number of carbonyl (C=O) groups is 1. The predicted molar refractivity (Wildman–Crippen MR) is 64.1 cm³/mol. The highest BCUT2D eigenvalue weighted by Crippen LogP contribution is 2.12. The van der Waals surface area contributed by atoms with Gasteiger partial charge >= 0.3 is 5.97 Å². The van der Waals surface area contributed by atoms with Crippen molar-refractivity contribution in [1.29, 1.82) is 0 Å². The van der Waals surface area contributed by atoms with Gasteiger partial charge in [-0.2, -0.15) is 0 Å². The van der Waals surface area contributed by atoms with E-state index in [0.29, 0.717) is 12.1 Å². The van der Waals surface area contributed by atoms with Crippen LogP contribution >= 0.6 is 0 Å². The fraction of sp³-hybridized carbons (Fsp3) is 0.231. The molecule has 0 bridgehead atoms. The molecule has 0 spiro atoms. The highest BCUT2D eigenvalue weighted by molar-refractivity contribution is 5.87. The average molecular weight is 248 g/mol. The first kappa shape index (κ1) is 12.3. The van der Waals surface area contributed by atoms with Crippen LogP contribution in [0.4, 0.5) is 4.39 Å². The number of halogens is 1. The van der Waals surface area contributed by atoms with Crippen molar-refractivity contribution in [3.8, 4) is 0 Å². The smallest absolute Gasteiger partial charge is 0.338 e. The van der Waals surface area contributed by atoms with Crippen LogP contribution in [-0.2, 0) is 13.0 Å². The lowest BCUT2D eigenvalue weighted by Gasteiger charge is -2.07. The van der Waals surface area contributed by atoms with Crippen LogP contribution in [0.15, 0.2) is 30.6 Å². The molecule has 0 radical (unpaired) electrons. The SMILES string of the molecule is CCc1nccn1Cc1ccc(C(=O)O)c(F)c1. The van der Waals surface area contributed by atoms with Gasteiger partial charge in [-0.1, -0.05) is 13.0 Å². The fourth-order valence-electron chi connectivity index (χ4n) is 1.83. The molecule has 1 heterocycles. The van der Waals surface area contributed by atoms with E-state index in [0.717, 1.165) is 12.2 Å². The number of carboxylic acids is 1. The van der Waals surface area contributed by atoms with Crippen molar-refractivity contribution in [1.82, 2.24) is 9.55 Å². The molecular formula is C13H13FN2O2. The van der Waals surface area contributed by atoms with Crippen LogP contribution in [0, 0.1) is 5.82 Å². The topological polar surface area (TPSA) is 55.1 Å². The summed E-state index contributed by atoms with van der Waals surface area (Å²) >= 11 is 0. The maximum Gasteiger partial charge on any atom is 0.338 e. The van der Waals surface area contributed by atoms with Gasteiger partial charge in [0, 0.05) is 25.4 Å². The van der Waals surface area contributed by atoms with E-state index in [9.17, 15) is 9.18 Å². The number of aromatic carboxylic acids is 1. The van der Waals surface area contributed by atoms with Gasteiger partial charge in [-0.15, -0.1) is 0 Å². The minimum atomic E-state index is -1.25.